The zero-order chi connectivity index (χ0) is 18.1. The van der Waals surface area contributed by atoms with Crippen LogP contribution in [0.4, 0.5) is 14.9 Å². The average molecular weight is 350 g/mol. The van der Waals surface area contributed by atoms with Crippen LogP contribution in [0.2, 0.25) is 0 Å². The quantitative estimate of drug-likeness (QED) is 0.706. The minimum Gasteiger partial charge on any atom is -0.317 e. The number of hydrogen-bond donors (Lipinski definition) is 0. The first kappa shape index (κ1) is 16.3. The summed E-state index contributed by atoms with van der Waals surface area (Å²) in [7, 11) is 1.78. The fourth-order valence-corrected chi connectivity index (χ4v) is 3.25. The molecule has 132 valence electrons. The summed E-state index contributed by atoms with van der Waals surface area (Å²) in [5.41, 5.74) is 3.66. The molecule has 2 amide bonds. The maximum absolute atomic E-state index is 13.2. The number of halogens is 1. The van der Waals surface area contributed by atoms with Crippen molar-refractivity contribution in [3.05, 3.63) is 72.3 Å². The number of amides is 2. The molecule has 0 spiro atoms. The van der Waals surface area contributed by atoms with E-state index in [0.29, 0.717) is 19.6 Å². The Morgan fingerprint density at radius 3 is 2.54 bits per heavy atom. The fraction of sp³-hybridized carbons (Fsp3) is 0.200. The van der Waals surface area contributed by atoms with Crippen LogP contribution in [-0.4, -0.2) is 34.3 Å². The molecule has 0 fully saturated rings. The number of rotatable bonds is 2. The zero-order valence-electron chi connectivity index (χ0n) is 14.5. The van der Waals surface area contributed by atoms with Crippen LogP contribution >= 0.6 is 0 Å². The van der Waals surface area contributed by atoms with Crippen molar-refractivity contribution in [1.29, 1.82) is 0 Å². The number of carbonyl (C=O) groups is 1. The Hall–Kier alpha value is -3.15. The van der Waals surface area contributed by atoms with Crippen molar-refractivity contribution in [3.63, 3.8) is 0 Å². The Morgan fingerprint density at radius 2 is 1.81 bits per heavy atom. The van der Waals surface area contributed by atoms with Gasteiger partial charge in [-0.25, -0.2) is 9.18 Å². The highest BCUT2D eigenvalue weighted by atomic mass is 19.1. The van der Waals surface area contributed by atoms with Crippen molar-refractivity contribution in [2.24, 2.45) is 0 Å². The van der Waals surface area contributed by atoms with Crippen LogP contribution in [0.25, 0.3) is 11.1 Å². The second-order valence-corrected chi connectivity index (χ2v) is 6.33. The molecule has 2 aromatic carbocycles. The van der Waals surface area contributed by atoms with Gasteiger partial charge in [-0.05, 0) is 29.8 Å². The van der Waals surface area contributed by atoms with E-state index in [4.69, 9.17) is 0 Å². The van der Waals surface area contributed by atoms with E-state index in [1.165, 1.54) is 12.1 Å². The van der Waals surface area contributed by atoms with Gasteiger partial charge in [0.15, 0.2) is 0 Å². The molecule has 0 N–H and O–H groups in total. The van der Waals surface area contributed by atoms with Crippen molar-refractivity contribution >= 4 is 11.7 Å². The lowest BCUT2D eigenvalue weighted by atomic mass is 10.1. The number of urea groups is 1. The van der Waals surface area contributed by atoms with Gasteiger partial charge in [0.05, 0.1) is 25.0 Å². The fourth-order valence-electron chi connectivity index (χ4n) is 3.25. The third-order valence-electron chi connectivity index (χ3n) is 4.73. The van der Waals surface area contributed by atoms with E-state index in [2.05, 4.69) is 5.10 Å². The molecule has 0 bridgehead atoms. The van der Waals surface area contributed by atoms with Gasteiger partial charge in [-0.15, -0.1) is 0 Å². The summed E-state index contributed by atoms with van der Waals surface area (Å²) in [6.45, 7) is 1.72. The second kappa shape index (κ2) is 6.63. The van der Waals surface area contributed by atoms with Crippen LogP contribution < -0.4 is 4.90 Å². The van der Waals surface area contributed by atoms with E-state index < -0.39 is 0 Å². The number of aromatic nitrogens is 2. The Kier molecular flexibility index (Phi) is 4.16. The zero-order valence-corrected chi connectivity index (χ0v) is 14.5. The van der Waals surface area contributed by atoms with Gasteiger partial charge in [-0.2, -0.15) is 5.10 Å². The molecule has 5 nitrogen and oxygen atoms in total. The van der Waals surface area contributed by atoms with Crippen LogP contribution in [-0.2, 0) is 13.1 Å². The first-order chi connectivity index (χ1) is 12.6. The van der Waals surface area contributed by atoms with Gasteiger partial charge >= 0.3 is 6.03 Å². The molecule has 1 aliphatic rings. The third kappa shape index (κ3) is 2.94. The summed E-state index contributed by atoms with van der Waals surface area (Å²) < 4.78 is 15.1. The van der Waals surface area contributed by atoms with E-state index in [1.807, 2.05) is 39.9 Å². The van der Waals surface area contributed by atoms with Crippen molar-refractivity contribution in [2.45, 2.75) is 13.1 Å². The SMILES string of the molecule is CN(C(=O)N1CCn2ncc(-c3ccc(F)cc3)c2C1)c1ccccc1. The summed E-state index contributed by atoms with van der Waals surface area (Å²) in [5.74, 6) is -0.268. The molecule has 3 aromatic rings. The lowest BCUT2D eigenvalue weighted by Crippen LogP contribution is -2.45. The van der Waals surface area contributed by atoms with E-state index in [0.717, 1.165) is 22.5 Å². The smallest absolute Gasteiger partial charge is 0.317 e. The van der Waals surface area contributed by atoms with E-state index in [-0.39, 0.29) is 11.8 Å². The van der Waals surface area contributed by atoms with Crippen molar-refractivity contribution < 1.29 is 9.18 Å². The molecule has 1 aromatic heterocycles. The summed E-state index contributed by atoms with van der Waals surface area (Å²) >= 11 is 0. The van der Waals surface area contributed by atoms with E-state index in [1.54, 1.807) is 30.3 Å². The number of benzene rings is 2. The van der Waals surface area contributed by atoms with Crippen LogP contribution in [0, 0.1) is 5.82 Å². The highest BCUT2D eigenvalue weighted by Gasteiger charge is 2.26. The molecular weight excluding hydrogens is 331 g/mol. The maximum Gasteiger partial charge on any atom is 0.324 e. The number of nitrogens with zero attached hydrogens (tertiary/aromatic N) is 4. The molecule has 4 rings (SSSR count). The number of hydrogen-bond acceptors (Lipinski definition) is 2. The second-order valence-electron chi connectivity index (χ2n) is 6.33. The predicted molar refractivity (Wildman–Crippen MR) is 98.3 cm³/mol. The maximum atomic E-state index is 13.2. The minimum absolute atomic E-state index is 0.0475. The summed E-state index contributed by atoms with van der Waals surface area (Å²) in [6.07, 6.45) is 1.79. The molecule has 0 radical (unpaired) electrons. The van der Waals surface area contributed by atoms with Gasteiger partial charge in [0.2, 0.25) is 0 Å². The monoisotopic (exact) mass is 350 g/mol. The first-order valence-corrected chi connectivity index (χ1v) is 8.52. The van der Waals surface area contributed by atoms with E-state index >= 15 is 0 Å². The number of fused-ring (bicyclic) bond motifs is 1. The van der Waals surface area contributed by atoms with Crippen molar-refractivity contribution in [2.75, 3.05) is 18.5 Å². The number of carbonyl (C=O) groups excluding carboxylic acids is 1. The normalized spacial score (nSPS) is 13.4. The third-order valence-corrected chi connectivity index (χ3v) is 4.73. The van der Waals surface area contributed by atoms with Crippen molar-refractivity contribution in [1.82, 2.24) is 14.7 Å². The molecule has 1 aliphatic heterocycles. The molecule has 26 heavy (non-hydrogen) atoms. The van der Waals surface area contributed by atoms with Gasteiger partial charge < -0.3 is 4.90 Å². The Morgan fingerprint density at radius 1 is 1.08 bits per heavy atom. The van der Waals surface area contributed by atoms with Gasteiger partial charge in [0.1, 0.15) is 5.82 Å². The summed E-state index contributed by atoms with van der Waals surface area (Å²) in [4.78, 5) is 16.4. The molecule has 0 unspecified atom stereocenters. The number of para-hydroxylation sites is 1. The van der Waals surface area contributed by atoms with Gasteiger partial charge in [0, 0.05) is 24.8 Å². The Balaban J connectivity index is 1.58. The molecule has 0 saturated carbocycles. The van der Waals surface area contributed by atoms with Crippen LogP contribution in [0.15, 0.2) is 60.8 Å². The van der Waals surface area contributed by atoms with Crippen LogP contribution in [0.5, 0.6) is 0 Å². The van der Waals surface area contributed by atoms with Gasteiger partial charge in [0.25, 0.3) is 0 Å². The molecule has 0 aliphatic carbocycles. The topological polar surface area (TPSA) is 41.4 Å². The first-order valence-electron chi connectivity index (χ1n) is 8.52. The molecule has 6 heteroatoms. The van der Waals surface area contributed by atoms with E-state index in [9.17, 15) is 9.18 Å². The van der Waals surface area contributed by atoms with Crippen LogP contribution in [0.3, 0.4) is 0 Å². The average Bonchev–Trinajstić information content (AvgIpc) is 3.11. The highest BCUT2D eigenvalue weighted by Crippen LogP contribution is 2.27. The van der Waals surface area contributed by atoms with Gasteiger partial charge in [-0.1, -0.05) is 30.3 Å². The Labute approximate surface area is 151 Å². The summed E-state index contributed by atoms with van der Waals surface area (Å²) in [5, 5.41) is 4.42. The molecular formula is C20H19FN4O. The largest absolute Gasteiger partial charge is 0.324 e. The number of anilines is 1. The van der Waals surface area contributed by atoms with Gasteiger partial charge in [-0.3, -0.25) is 9.58 Å². The minimum atomic E-state index is -0.268. The predicted octanol–water partition coefficient (Wildman–Crippen LogP) is 3.76. The molecule has 0 saturated heterocycles. The lowest BCUT2D eigenvalue weighted by molar-refractivity contribution is 0.189. The molecule has 0 atom stereocenters. The van der Waals surface area contributed by atoms with Crippen LogP contribution in [0.1, 0.15) is 5.69 Å². The lowest BCUT2D eigenvalue weighted by Gasteiger charge is -2.32. The molecule has 2 heterocycles. The highest BCUT2D eigenvalue weighted by molar-refractivity contribution is 5.91. The standard InChI is InChI=1S/C20H19FN4O/c1-23(17-5-3-2-4-6-17)20(26)24-11-12-25-19(14-24)18(13-22-25)15-7-9-16(21)10-8-15/h2-10,13H,11-12,14H2,1H3. The summed E-state index contributed by atoms with van der Waals surface area (Å²) in [6, 6.07) is 15.9. The Bertz CT molecular complexity index is 921. The van der Waals surface area contributed by atoms with Crippen molar-refractivity contribution in [3.8, 4) is 11.1 Å².